The van der Waals surface area contributed by atoms with Gasteiger partial charge in [-0.1, -0.05) is 19.8 Å². The first-order valence-corrected chi connectivity index (χ1v) is 8.50. The van der Waals surface area contributed by atoms with Crippen LogP contribution in [0.3, 0.4) is 0 Å². The molecule has 0 saturated heterocycles. The van der Waals surface area contributed by atoms with E-state index in [2.05, 4.69) is 43.2 Å². The van der Waals surface area contributed by atoms with Crippen molar-refractivity contribution in [2.75, 3.05) is 67.6 Å². The van der Waals surface area contributed by atoms with Crippen LogP contribution in [0, 0.1) is 11.3 Å². The summed E-state index contributed by atoms with van der Waals surface area (Å²) in [5, 5.41) is 3.62. The Kier molecular flexibility index (Phi) is 8.79. The molecule has 1 fully saturated rings. The van der Waals surface area contributed by atoms with Gasteiger partial charge in [-0.05, 0) is 45.3 Å². The van der Waals surface area contributed by atoms with E-state index in [0.717, 1.165) is 38.7 Å². The Balaban J connectivity index is 2.47. The predicted octanol–water partition coefficient (Wildman–Crippen LogP) is 1.91. The number of ether oxygens (including phenoxy) is 1. The summed E-state index contributed by atoms with van der Waals surface area (Å²) in [5.41, 5.74) is 0.460. The minimum Gasteiger partial charge on any atom is -0.383 e. The lowest BCUT2D eigenvalue weighted by atomic mass is 9.70. The Morgan fingerprint density at radius 1 is 1.14 bits per heavy atom. The van der Waals surface area contributed by atoms with Gasteiger partial charge in [0, 0.05) is 39.8 Å². The molecule has 1 rings (SSSR count). The monoisotopic (exact) mass is 299 g/mol. The van der Waals surface area contributed by atoms with Crippen LogP contribution in [0.25, 0.3) is 0 Å². The van der Waals surface area contributed by atoms with Crippen LogP contribution in [0.15, 0.2) is 0 Å². The Morgan fingerprint density at radius 3 is 2.38 bits per heavy atom. The lowest BCUT2D eigenvalue weighted by Gasteiger charge is -2.42. The topological polar surface area (TPSA) is 27.7 Å². The van der Waals surface area contributed by atoms with Gasteiger partial charge in [0.1, 0.15) is 0 Å². The smallest absolute Gasteiger partial charge is 0.0587 e. The summed E-state index contributed by atoms with van der Waals surface area (Å²) in [6.07, 6.45) is 5.49. The number of likely N-dealkylation sites (N-methyl/N-ethyl adjacent to an activating group) is 2. The zero-order valence-corrected chi connectivity index (χ0v) is 15.0. The van der Waals surface area contributed by atoms with E-state index in [1.54, 1.807) is 7.11 Å². The van der Waals surface area contributed by atoms with Gasteiger partial charge in [0.05, 0.1) is 6.61 Å². The molecule has 0 heterocycles. The van der Waals surface area contributed by atoms with Crippen LogP contribution in [0.4, 0.5) is 0 Å². The fourth-order valence-corrected chi connectivity index (χ4v) is 3.32. The van der Waals surface area contributed by atoms with Crippen LogP contribution in [0.2, 0.25) is 0 Å². The van der Waals surface area contributed by atoms with Crippen molar-refractivity contribution >= 4 is 0 Å². The maximum atomic E-state index is 5.15. The molecule has 1 N–H and O–H groups in total. The first-order chi connectivity index (χ1) is 9.97. The summed E-state index contributed by atoms with van der Waals surface area (Å²) in [6, 6.07) is 0. The summed E-state index contributed by atoms with van der Waals surface area (Å²) >= 11 is 0. The zero-order valence-electron chi connectivity index (χ0n) is 15.0. The van der Waals surface area contributed by atoms with Crippen molar-refractivity contribution in [2.45, 2.75) is 32.6 Å². The van der Waals surface area contributed by atoms with E-state index in [-0.39, 0.29) is 0 Å². The molecule has 0 bridgehead atoms. The maximum Gasteiger partial charge on any atom is 0.0587 e. The average molecular weight is 300 g/mol. The van der Waals surface area contributed by atoms with Crippen molar-refractivity contribution in [3.8, 4) is 0 Å². The molecule has 1 aliphatic rings. The first kappa shape index (κ1) is 18.9. The normalized spacial score (nSPS) is 26.7. The van der Waals surface area contributed by atoms with Gasteiger partial charge in [0.2, 0.25) is 0 Å². The Bertz CT molecular complexity index is 263. The number of hydrogen-bond acceptors (Lipinski definition) is 4. The van der Waals surface area contributed by atoms with Gasteiger partial charge in [0.15, 0.2) is 0 Å². The van der Waals surface area contributed by atoms with Crippen LogP contribution in [-0.2, 0) is 4.74 Å². The molecule has 4 nitrogen and oxygen atoms in total. The minimum atomic E-state index is 0.460. The standard InChI is InChI=1S/C17H37N3O/c1-16-6-8-17(9-7-16,14-18-10-13-21-5)15-20(4)12-11-19(2)3/h16,18H,6-15H2,1-5H3. The van der Waals surface area contributed by atoms with E-state index in [9.17, 15) is 0 Å². The van der Waals surface area contributed by atoms with Crippen LogP contribution in [-0.4, -0.2) is 77.4 Å². The Hall–Kier alpha value is -0.160. The van der Waals surface area contributed by atoms with Crippen molar-refractivity contribution in [3.05, 3.63) is 0 Å². The second-order valence-corrected chi connectivity index (χ2v) is 7.39. The molecule has 0 atom stereocenters. The van der Waals surface area contributed by atoms with Gasteiger partial charge in [0.25, 0.3) is 0 Å². The molecule has 0 radical (unpaired) electrons. The highest BCUT2D eigenvalue weighted by molar-refractivity contribution is 4.89. The van der Waals surface area contributed by atoms with Crippen LogP contribution < -0.4 is 5.32 Å². The van der Waals surface area contributed by atoms with E-state index in [1.807, 2.05) is 0 Å². The number of nitrogens with zero attached hydrogens (tertiary/aromatic N) is 2. The quantitative estimate of drug-likeness (QED) is 0.624. The number of nitrogens with one attached hydrogen (secondary N) is 1. The molecular weight excluding hydrogens is 262 g/mol. The first-order valence-electron chi connectivity index (χ1n) is 8.50. The van der Waals surface area contributed by atoms with Crippen molar-refractivity contribution in [2.24, 2.45) is 11.3 Å². The highest BCUT2D eigenvalue weighted by Gasteiger charge is 2.34. The van der Waals surface area contributed by atoms with E-state index >= 15 is 0 Å². The van der Waals surface area contributed by atoms with E-state index < -0.39 is 0 Å². The summed E-state index contributed by atoms with van der Waals surface area (Å²) in [4.78, 5) is 4.79. The summed E-state index contributed by atoms with van der Waals surface area (Å²) in [7, 11) is 8.35. The lowest BCUT2D eigenvalue weighted by Crippen LogP contribution is -2.46. The van der Waals surface area contributed by atoms with Gasteiger partial charge in [-0.15, -0.1) is 0 Å². The molecule has 21 heavy (non-hydrogen) atoms. The fourth-order valence-electron chi connectivity index (χ4n) is 3.32. The maximum absolute atomic E-state index is 5.15. The summed E-state index contributed by atoms with van der Waals surface area (Å²) < 4.78 is 5.15. The van der Waals surface area contributed by atoms with Crippen LogP contribution >= 0.6 is 0 Å². The van der Waals surface area contributed by atoms with Crippen molar-refractivity contribution in [3.63, 3.8) is 0 Å². The van der Waals surface area contributed by atoms with Crippen molar-refractivity contribution in [1.82, 2.24) is 15.1 Å². The fraction of sp³-hybridized carbons (Fsp3) is 1.00. The average Bonchev–Trinajstić information content (AvgIpc) is 2.45. The third-order valence-corrected chi connectivity index (χ3v) is 4.85. The molecule has 1 aliphatic carbocycles. The molecule has 0 spiro atoms. The molecule has 0 aromatic rings. The predicted molar refractivity (Wildman–Crippen MR) is 90.9 cm³/mol. The molecule has 0 aromatic heterocycles. The second kappa shape index (κ2) is 9.78. The van der Waals surface area contributed by atoms with Gasteiger partial charge < -0.3 is 19.9 Å². The van der Waals surface area contributed by atoms with Gasteiger partial charge in [-0.3, -0.25) is 0 Å². The number of methoxy groups -OCH3 is 1. The van der Waals surface area contributed by atoms with Crippen LogP contribution in [0.5, 0.6) is 0 Å². The van der Waals surface area contributed by atoms with Gasteiger partial charge >= 0.3 is 0 Å². The van der Waals surface area contributed by atoms with Crippen molar-refractivity contribution in [1.29, 1.82) is 0 Å². The largest absolute Gasteiger partial charge is 0.383 e. The minimum absolute atomic E-state index is 0.460. The van der Waals surface area contributed by atoms with Crippen molar-refractivity contribution < 1.29 is 4.74 Å². The molecule has 1 saturated carbocycles. The Morgan fingerprint density at radius 2 is 1.81 bits per heavy atom. The SMILES string of the molecule is COCCNCC1(CN(C)CCN(C)C)CCC(C)CC1. The Labute approximate surface area is 132 Å². The molecule has 4 heteroatoms. The zero-order chi connectivity index (χ0) is 15.7. The van der Waals surface area contributed by atoms with Gasteiger partial charge in [-0.2, -0.15) is 0 Å². The highest BCUT2D eigenvalue weighted by Crippen LogP contribution is 2.38. The molecular formula is C17H37N3O. The van der Waals surface area contributed by atoms with E-state index in [4.69, 9.17) is 4.74 Å². The third kappa shape index (κ3) is 7.59. The summed E-state index contributed by atoms with van der Waals surface area (Å²) in [5.74, 6) is 0.907. The molecule has 0 amide bonds. The van der Waals surface area contributed by atoms with E-state index in [0.29, 0.717) is 5.41 Å². The second-order valence-electron chi connectivity index (χ2n) is 7.39. The highest BCUT2D eigenvalue weighted by atomic mass is 16.5. The lowest BCUT2D eigenvalue weighted by molar-refractivity contribution is 0.0926. The number of hydrogen-bond donors (Lipinski definition) is 1. The molecule has 126 valence electrons. The van der Waals surface area contributed by atoms with Crippen LogP contribution in [0.1, 0.15) is 32.6 Å². The number of rotatable bonds is 10. The molecule has 0 aliphatic heterocycles. The molecule has 0 aromatic carbocycles. The molecule has 0 unspecified atom stereocenters. The van der Waals surface area contributed by atoms with Gasteiger partial charge in [-0.25, -0.2) is 0 Å². The van der Waals surface area contributed by atoms with E-state index in [1.165, 1.54) is 32.2 Å². The summed E-state index contributed by atoms with van der Waals surface area (Å²) in [6.45, 7) is 8.82. The third-order valence-electron chi connectivity index (χ3n) is 4.85.